The Labute approximate surface area is 204 Å². The van der Waals surface area contributed by atoms with Crippen LogP contribution in [0.15, 0.2) is 77.3 Å². The van der Waals surface area contributed by atoms with Crippen molar-refractivity contribution in [3.8, 4) is 22.8 Å². The zero-order chi connectivity index (χ0) is 24.1. The molecule has 0 bridgehead atoms. The van der Waals surface area contributed by atoms with Gasteiger partial charge < -0.3 is 19.5 Å². The molecule has 0 atom stereocenters. The molecule has 0 aliphatic heterocycles. The minimum Gasteiger partial charge on any atom is -0.497 e. The third kappa shape index (κ3) is 5.18. The number of hydrogen-bond acceptors (Lipinski definition) is 6. The van der Waals surface area contributed by atoms with Crippen LogP contribution in [0.4, 0.5) is 5.69 Å². The Morgan fingerprint density at radius 3 is 2.44 bits per heavy atom. The van der Waals surface area contributed by atoms with E-state index in [1.165, 1.54) is 14.2 Å². The molecule has 4 rings (SSSR count). The van der Waals surface area contributed by atoms with Crippen LogP contribution in [0.5, 0.6) is 11.5 Å². The third-order valence-electron chi connectivity index (χ3n) is 5.09. The molecule has 7 nitrogen and oxygen atoms in total. The Morgan fingerprint density at radius 1 is 0.941 bits per heavy atom. The van der Waals surface area contributed by atoms with Crippen LogP contribution in [0.2, 0.25) is 0 Å². The molecule has 4 aromatic rings. The summed E-state index contributed by atoms with van der Waals surface area (Å²) in [5.41, 5.74) is 2.91. The average Bonchev–Trinajstić information content (AvgIpc) is 2.87. The number of carbonyl (C=O) groups is 2. The summed E-state index contributed by atoms with van der Waals surface area (Å²) in [4.78, 5) is 30.1. The molecule has 8 heteroatoms. The van der Waals surface area contributed by atoms with E-state index in [2.05, 4.69) is 26.2 Å². The number of halogens is 1. The van der Waals surface area contributed by atoms with Crippen molar-refractivity contribution in [1.29, 1.82) is 0 Å². The van der Waals surface area contributed by atoms with Crippen LogP contribution in [0.3, 0.4) is 0 Å². The van der Waals surface area contributed by atoms with E-state index < -0.39 is 18.5 Å². The first-order valence-electron chi connectivity index (χ1n) is 10.3. The number of carbonyl (C=O) groups excluding carboxylic acids is 2. The van der Waals surface area contributed by atoms with Crippen LogP contribution in [0, 0.1) is 0 Å². The van der Waals surface area contributed by atoms with E-state index in [1.54, 1.807) is 30.3 Å². The maximum absolute atomic E-state index is 13.0. The first kappa shape index (κ1) is 23.3. The highest BCUT2D eigenvalue weighted by Gasteiger charge is 2.17. The number of methoxy groups -OCH3 is 2. The molecule has 0 fully saturated rings. The van der Waals surface area contributed by atoms with E-state index in [9.17, 15) is 9.59 Å². The van der Waals surface area contributed by atoms with E-state index in [0.29, 0.717) is 39.3 Å². The number of rotatable bonds is 7. The van der Waals surface area contributed by atoms with Gasteiger partial charge in [0.1, 0.15) is 11.5 Å². The summed E-state index contributed by atoms with van der Waals surface area (Å²) < 4.78 is 16.7. The van der Waals surface area contributed by atoms with Crippen molar-refractivity contribution in [3.63, 3.8) is 0 Å². The second-order valence-corrected chi connectivity index (χ2v) is 8.19. The highest BCUT2D eigenvalue weighted by molar-refractivity contribution is 9.10. The molecule has 0 saturated carbocycles. The Hall–Kier alpha value is -3.91. The lowest BCUT2D eigenvalue weighted by molar-refractivity contribution is -0.119. The largest absolute Gasteiger partial charge is 0.497 e. The predicted octanol–water partition coefficient (Wildman–Crippen LogP) is 5.48. The quantitative estimate of drug-likeness (QED) is 0.325. The van der Waals surface area contributed by atoms with Crippen LogP contribution in [-0.4, -0.2) is 37.7 Å². The fourth-order valence-electron chi connectivity index (χ4n) is 3.41. The lowest BCUT2D eigenvalue weighted by Crippen LogP contribution is -2.21. The number of nitrogens with one attached hydrogen (secondary N) is 1. The van der Waals surface area contributed by atoms with Crippen molar-refractivity contribution < 1.29 is 23.8 Å². The Bertz CT molecular complexity index is 1360. The van der Waals surface area contributed by atoms with Gasteiger partial charge in [-0.05, 0) is 36.4 Å². The number of amides is 1. The van der Waals surface area contributed by atoms with Crippen LogP contribution in [0.1, 0.15) is 10.4 Å². The first-order valence-corrected chi connectivity index (χ1v) is 11.1. The Balaban J connectivity index is 1.54. The molecule has 34 heavy (non-hydrogen) atoms. The zero-order valence-corrected chi connectivity index (χ0v) is 20.1. The van der Waals surface area contributed by atoms with Gasteiger partial charge in [0.05, 0.1) is 36.7 Å². The van der Waals surface area contributed by atoms with Crippen molar-refractivity contribution in [1.82, 2.24) is 4.98 Å². The van der Waals surface area contributed by atoms with Gasteiger partial charge >= 0.3 is 5.97 Å². The lowest BCUT2D eigenvalue weighted by Gasteiger charge is -2.12. The van der Waals surface area contributed by atoms with Crippen molar-refractivity contribution >= 4 is 44.4 Å². The summed E-state index contributed by atoms with van der Waals surface area (Å²) in [6.07, 6.45) is 0. The first-order chi connectivity index (χ1) is 16.5. The highest BCUT2D eigenvalue weighted by Crippen LogP contribution is 2.29. The van der Waals surface area contributed by atoms with Gasteiger partial charge in [0.2, 0.25) is 0 Å². The summed E-state index contributed by atoms with van der Waals surface area (Å²) in [5, 5.41) is 3.33. The normalized spacial score (nSPS) is 10.6. The number of ether oxygens (including phenoxy) is 3. The van der Waals surface area contributed by atoms with E-state index >= 15 is 0 Å². The maximum Gasteiger partial charge on any atom is 0.339 e. The number of anilines is 1. The van der Waals surface area contributed by atoms with Gasteiger partial charge in [0, 0.05) is 21.5 Å². The second-order valence-electron chi connectivity index (χ2n) is 7.27. The number of esters is 1. The number of aromatic nitrogens is 1. The molecule has 0 aliphatic rings. The SMILES string of the molecule is COc1ccc(NC(=O)COC(=O)c2cc(-c3ccc(Br)cc3)nc3ccccc23)c(OC)c1. The molecule has 0 aliphatic carbocycles. The van der Waals surface area contributed by atoms with Gasteiger partial charge in [-0.2, -0.15) is 0 Å². The highest BCUT2D eigenvalue weighted by atomic mass is 79.9. The van der Waals surface area contributed by atoms with Gasteiger partial charge in [-0.25, -0.2) is 9.78 Å². The van der Waals surface area contributed by atoms with E-state index in [1.807, 2.05) is 42.5 Å². The lowest BCUT2D eigenvalue weighted by atomic mass is 10.0. The molecule has 172 valence electrons. The molecule has 3 aromatic carbocycles. The fourth-order valence-corrected chi connectivity index (χ4v) is 3.67. The maximum atomic E-state index is 13.0. The number of para-hydroxylation sites is 1. The summed E-state index contributed by atoms with van der Waals surface area (Å²) in [5.74, 6) is -0.0946. The van der Waals surface area contributed by atoms with Crippen molar-refractivity contribution in [2.24, 2.45) is 0 Å². The van der Waals surface area contributed by atoms with Gasteiger partial charge in [-0.15, -0.1) is 0 Å². The number of pyridine rings is 1. The smallest absolute Gasteiger partial charge is 0.339 e. The predicted molar refractivity (Wildman–Crippen MR) is 133 cm³/mol. The number of nitrogens with zero attached hydrogens (tertiary/aromatic N) is 1. The minimum absolute atomic E-state index is 0.332. The van der Waals surface area contributed by atoms with Crippen molar-refractivity contribution in [2.45, 2.75) is 0 Å². The van der Waals surface area contributed by atoms with Gasteiger partial charge in [0.25, 0.3) is 5.91 Å². The Morgan fingerprint density at radius 2 is 1.71 bits per heavy atom. The molecule has 1 amide bonds. The molecular weight excluding hydrogens is 500 g/mol. The average molecular weight is 521 g/mol. The number of hydrogen-bond donors (Lipinski definition) is 1. The monoisotopic (exact) mass is 520 g/mol. The number of benzene rings is 3. The van der Waals surface area contributed by atoms with E-state index in [0.717, 1.165) is 10.0 Å². The van der Waals surface area contributed by atoms with Crippen LogP contribution in [-0.2, 0) is 9.53 Å². The molecule has 1 heterocycles. The molecule has 0 spiro atoms. The fraction of sp³-hybridized carbons (Fsp3) is 0.115. The van der Waals surface area contributed by atoms with Gasteiger partial charge in [-0.3, -0.25) is 4.79 Å². The van der Waals surface area contributed by atoms with Crippen LogP contribution in [0.25, 0.3) is 22.2 Å². The zero-order valence-electron chi connectivity index (χ0n) is 18.5. The third-order valence-corrected chi connectivity index (χ3v) is 5.62. The van der Waals surface area contributed by atoms with Crippen molar-refractivity contribution in [2.75, 3.05) is 26.1 Å². The van der Waals surface area contributed by atoms with Gasteiger partial charge in [0.15, 0.2) is 6.61 Å². The summed E-state index contributed by atoms with van der Waals surface area (Å²) in [6.45, 7) is -0.460. The van der Waals surface area contributed by atoms with E-state index in [-0.39, 0.29) is 0 Å². The topological polar surface area (TPSA) is 86.8 Å². The molecule has 0 unspecified atom stereocenters. The van der Waals surface area contributed by atoms with Crippen LogP contribution < -0.4 is 14.8 Å². The molecule has 0 radical (unpaired) electrons. The van der Waals surface area contributed by atoms with Gasteiger partial charge in [-0.1, -0.05) is 46.3 Å². The molecule has 1 aromatic heterocycles. The second kappa shape index (κ2) is 10.4. The van der Waals surface area contributed by atoms with Crippen LogP contribution >= 0.6 is 15.9 Å². The molecule has 0 saturated heterocycles. The molecule has 1 N–H and O–H groups in total. The summed E-state index contributed by atoms with van der Waals surface area (Å²) in [7, 11) is 3.03. The minimum atomic E-state index is -0.617. The molecular formula is C26H21BrN2O5. The number of fused-ring (bicyclic) bond motifs is 1. The standard InChI is InChI=1S/C26H21BrN2O5/c1-32-18-11-12-22(24(13-18)33-2)29-25(30)15-34-26(31)20-14-23(16-7-9-17(27)10-8-16)28-21-6-4-3-5-19(20)21/h3-14H,15H2,1-2H3,(H,29,30). The van der Waals surface area contributed by atoms with Crippen molar-refractivity contribution in [3.05, 3.63) is 82.8 Å². The van der Waals surface area contributed by atoms with E-state index in [4.69, 9.17) is 14.2 Å². The summed E-state index contributed by atoms with van der Waals surface area (Å²) in [6, 6.07) is 21.6. The summed E-state index contributed by atoms with van der Waals surface area (Å²) >= 11 is 3.42. The Kier molecular flexibility index (Phi) is 7.08.